The van der Waals surface area contributed by atoms with Gasteiger partial charge >= 0.3 is 0 Å². The first-order chi connectivity index (χ1) is 27.3. The van der Waals surface area contributed by atoms with Gasteiger partial charge in [0.2, 0.25) is 0 Å². The molecule has 0 amide bonds. The van der Waals surface area contributed by atoms with Gasteiger partial charge in [0.1, 0.15) is 5.58 Å². The molecule has 0 aliphatic carbocycles. The van der Waals surface area contributed by atoms with Crippen molar-refractivity contribution in [2.24, 2.45) is 0 Å². The molecule has 55 heavy (non-hydrogen) atoms. The zero-order chi connectivity index (χ0) is 36.0. The number of para-hydroxylation sites is 4. The topological polar surface area (TPSA) is 48.8 Å². The zero-order valence-electron chi connectivity index (χ0n) is 29.5. The average molecular weight is 703 g/mol. The molecule has 256 valence electrons. The fraction of sp³-hybridized carbons (Fsp3) is 0. The van der Waals surface area contributed by atoms with E-state index < -0.39 is 0 Å². The third-order valence-corrected chi connectivity index (χ3v) is 11.1. The van der Waals surface area contributed by atoms with Gasteiger partial charge in [0.15, 0.2) is 11.4 Å². The number of furan rings is 1. The monoisotopic (exact) mass is 702 g/mol. The van der Waals surface area contributed by atoms with Crippen LogP contribution in [0.15, 0.2) is 186 Å². The third kappa shape index (κ3) is 4.29. The molecule has 0 radical (unpaired) electrons. The van der Waals surface area contributed by atoms with E-state index in [9.17, 15) is 0 Å². The minimum absolute atomic E-state index is 0.706. The first-order valence-electron chi connectivity index (χ1n) is 18.6. The molecule has 0 bridgehead atoms. The normalized spacial score (nSPS) is 12.0. The number of fused-ring (bicyclic) bond motifs is 13. The largest absolute Gasteiger partial charge is 0.454 e. The van der Waals surface area contributed by atoms with Crippen LogP contribution in [0.2, 0.25) is 0 Å². The summed E-state index contributed by atoms with van der Waals surface area (Å²) in [7, 11) is 0. The Labute approximate surface area is 315 Å². The summed E-state index contributed by atoms with van der Waals surface area (Å²) in [6.07, 6.45) is 0. The van der Waals surface area contributed by atoms with Gasteiger partial charge in [-0.2, -0.15) is 0 Å². The summed E-state index contributed by atoms with van der Waals surface area (Å²) >= 11 is 0. The fourth-order valence-electron chi connectivity index (χ4n) is 8.79. The maximum Gasteiger partial charge on any atom is 0.162 e. The summed E-state index contributed by atoms with van der Waals surface area (Å²) in [5, 5.41) is 7.92. The summed E-state index contributed by atoms with van der Waals surface area (Å²) in [5.74, 6) is 0.706. The van der Waals surface area contributed by atoms with E-state index in [1.807, 2.05) is 24.3 Å². The van der Waals surface area contributed by atoms with E-state index in [0.717, 1.165) is 83.1 Å². The van der Waals surface area contributed by atoms with Crippen molar-refractivity contribution < 1.29 is 4.42 Å². The molecule has 12 rings (SSSR count). The van der Waals surface area contributed by atoms with Gasteiger partial charge in [-0.15, -0.1) is 0 Å². The molecule has 4 heterocycles. The number of hydrogen-bond donors (Lipinski definition) is 0. The molecule has 4 aromatic heterocycles. The molecule has 8 aromatic carbocycles. The molecule has 12 aromatic rings. The minimum atomic E-state index is 0.706. The Balaban J connectivity index is 1.27. The lowest BCUT2D eigenvalue weighted by Gasteiger charge is -2.13. The van der Waals surface area contributed by atoms with Crippen molar-refractivity contribution >= 4 is 76.5 Å². The lowest BCUT2D eigenvalue weighted by molar-refractivity contribution is 0.671. The van der Waals surface area contributed by atoms with Gasteiger partial charge in [-0.05, 0) is 48.5 Å². The molecular formula is C50H30N4O. The molecule has 5 heteroatoms. The molecule has 0 atom stereocenters. The highest BCUT2D eigenvalue weighted by atomic mass is 16.3. The summed E-state index contributed by atoms with van der Waals surface area (Å²) < 4.78 is 11.9. The van der Waals surface area contributed by atoms with Crippen LogP contribution in [0.1, 0.15) is 0 Å². The number of nitrogens with zero attached hydrogens (tertiary/aromatic N) is 4. The summed E-state index contributed by atoms with van der Waals surface area (Å²) in [6, 6.07) is 63.9. The van der Waals surface area contributed by atoms with Crippen LogP contribution in [-0.2, 0) is 0 Å². The maximum absolute atomic E-state index is 7.04. The third-order valence-electron chi connectivity index (χ3n) is 11.1. The number of benzene rings is 8. The van der Waals surface area contributed by atoms with Gasteiger partial charge in [0.25, 0.3) is 0 Å². The first-order valence-corrected chi connectivity index (χ1v) is 18.6. The lowest BCUT2D eigenvalue weighted by Crippen LogP contribution is -1.99. The van der Waals surface area contributed by atoms with E-state index in [2.05, 4.69) is 167 Å². The predicted molar refractivity (Wildman–Crippen MR) is 226 cm³/mol. The van der Waals surface area contributed by atoms with Gasteiger partial charge in [-0.25, -0.2) is 9.97 Å². The van der Waals surface area contributed by atoms with E-state index in [1.165, 1.54) is 21.5 Å². The van der Waals surface area contributed by atoms with Crippen molar-refractivity contribution in [3.8, 4) is 34.0 Å². The molecule has 0 N–H and O–H groups in total. The summed E-state index contributed by atoms with van der Waals surface area (Å²) in [5.41, 5.74) is 12.1. The van der Waals surface area contributed by atoms with Crippen molar-refractivity contribution in [3.63, 3.8) is 0 Å². The van der Waals surface area contributed by atoms with Crippen molar-refractivity contribution in [3.05, 3.63) is 182 Å². The van der Waals surface area contributed by atoms with Crippen LogP contribution in [-0.4, -0.2) is 19.1 Å². The average Bonchev–Trinajstić information content (AvgIpc) is 3.92. The first kappa shape index (κ1) is 30.0. The van der Waals surface area contributed by atoms with Gasteiger partial charge < -0.3 is 13.6 Å². The quantitative estimate of drug-likeness (QED) is 0.183. The molecular weight excluding hydrogens is 673 g/mol. The Hall–Kier alpha value is -7.50. The van der Waals surface area contributed by atoms with Crippen molar-refractivity contribution in [2.75, 3.05) is 0 Å². The van der Waals surface area contributed by atoms with E-state index >= 15 is 0 Å². The molecule has 0 fully saturated rings. The van der Waals surface area contributed by atoms with E-state index in [4.69, 9.17) is 14.4 Å². The van der Waals surface area contributed by atoms with E-state index in [-0.39, 0.29) is 0 Å². The molecule has 0 aliphatic rings. The van der Waals surface area contributed by atoms with Gasteiger partial charge in [-0.1, -0.05) is 133 Å². The SMILES string of the molecule is c1ccc(-c2nc(-c3ccccc3)c3cc(-n4c5ccccc5c5c6c7ccccc7n(-c7ccccc7)c6c6c7ccccc7oc6c54)ccc3n2)cc1. The number of hydrogen-bond acceptors (Lipinski definition) is 3. The van der Waals surface area contributed by atoms with Crippen molar-refractivity contribution in [2.45, 2.75) is 0 Å². The Morgan fingerprint density at radius 1 is 0.400 bits per heavy atom. The van der Waals surface area contributed by atoms with Crippen LogP contribution < -0.4 is 0 Å². The number of aromatic nitrogens is 4. The Morgan fingerprint density at radius 3 is 1.67 bits per heavy atom. The van der Waals surface area contributed by atoms with Crippen molar-refractivity contribution in [1.29, 1.82) is 0 Å². The van der Waals surface area contributed by atoms with Gasteiger partial charge in [0, 0.05) is 54.8 Å². The van der Waals surface area contributed by atoms with Crippen LogP contribution in [0.3, 0.4) is 0 Å². The second-order valence-electron chi connectivity index (χ2n) is 14.1. The van der Waals surface area contributed by atoms with Crippen LogP contribution in [0.5, 0.6) is 0 Å². The predicted octanol–water partition coefficient (Wildman–Crippen LogP) is 13.1. The van der Waals surface area contributed by atoms with Crippen LogP contribution in [0, 0.1) is 0 Å². The fourth-order valence-corrected chi connectivity index (χ4v) is 8.79. The summed E-state index contributed by atoms with van der Waals surface area (Å²) in [4.78, 5) is 10.4. The van der Waals surface area contributed by atoms with E-state index in [1.54, 1.807) is 0 Å². The highest BCUT2D eigenvalue weighted by Crippen LogP contribution is 2.49. The molecule has 0 saturated heterocycles. The summed E-state index contributed by atoms with van der Waals surface area (Å²) in [6.45, 7) is 0. The maximum atomic E-state index is 7.04. The Morgan fingerprint density at radius 2 is 0.964 bits per heavy atom. The smallest absolute Gasteiger partial charge is 0.162 e. The zero-order valence-corrected chi connectivity index (χ0v) is 29.5. The van der Waals surface area contributed by atoms with E-state index in [0.29, 0.717) is 5.82 Å². The standard InChI is InChI=1S/C50H30N4O/c1-4-16-31(17-5-1)46-38-30-34(28-29-39(38)51-50(52-46)32-18-6-2-7-19-32)54-41-26-14-11-23-36(41)44-43-35-22-10-13-25-40(35)53(33-20-8-3-9-21-33)47(43)45-37-24-12-15-27-42(37)55-49(45)48(44)54/h1-30H. The second-order valence-corrected chi connectivity index (χ2v) is 14.1. The van der Waals surface area contributed by atoms with Crippen molar-refractivity contribution in [1.82, 2.24) is 19.1 Å². The van der Waals surface area contributed by atoms with Crippen LogP contribution >= 0.6 is 0 Å². The molecule has 0 unspecified atom stereocenters. The lowest BCUT2D eigenvalue weighted by atomic mass is 10.0. The molecule has 0 spiro atoms. The highest BCUT2D eigenvalue weighted by Gasteiger charge is 2.27. The molecule has 0 saturated carbocycles. The van der Waals surface area contributed by atoms with Gasteiger partial charge in [0.05, 0.1) is 38.7 Å². The van der Waals surface area contributed by atoms with Crippen LogP contribution in [0.4, 0.5) is 0 Å². The minimum Gasteiger partial charge on any atom is -0.454 e. The second kappa shape index (κ2) is 11.5. The van der Waals surface area contributed by atoms with Gasteiger partial charge in [-0.3, -0.25) is 0 Å². The molecule has 5 nitrogen and oxygen atoms in total. The molecule has 0 aliphatic heterocycles. The highest BCUT2D eigenvalue weighted by molar-refractivity contribution is 6.39. The Kier molecular flexibility index (Phi) is 6.27. The Bertz CT molecular complexity index is 3470. The number of rotatable bonds is 4. The van der Waals surface area contributed by atoms with Crippen LogP contribution in [0.25, 0.3) is 110 Å².